The van der Waals surface area contributed by atoms with Crippen molar-refractivity contribution in [2.45, 2.75) is 18.7 Å². The zero-order valence-electron chi connectivity index (χ0n) is 22.5. The van der Waals surface area contributed by atoms with Crippen molar-refractivity contribution < 1.29 is 17.7 Å². The highest BCUT2D eigenvalue weighted by Crippen LogP contribution is 2.33. The molecule has 0 amide bonds. The molecule has 3 aromatic carbocycles. The smallest absolute Gasteiger partial charge is 0.297 e. The number of benzene rings is 3. The number of aromatic amines is 1. The van der Waals surface area contributed by atoms with Gasteiger partial charge in [-0.2, -0.15) is 8.42 Å². The van der Waals surface area contributed by atoms with Crippen molar-refractivity contribution in [2.24, 2.45) is 10.9 Å². The first-order valence-electron chi connectivity index (χ1n) is 13.1. The fourth-order valence-corrected chi connectivity index (χ4v) is 5.72. The van der Waals surface area contributed by atoms with Crippen molar-refractivity contribution >= 4 is 38.1 Å². The molecule has 9 heteroatoms. The number of aromatic hydroxyl groups is 1. The highest BCUT2D eigenvalue weighted by Gasteiger charge is 2.23. The van der Waals surface area contributed by atoms with E-state index in [2.05, 4.69) is 34.0 Å². The van der Waals surface area contributed by atoms with Crippen molar-refractivity contribution in [3.05, 3.63) is 83.9 Å². The van der Waals surface area contributed by atoms with E-state index in [1.54, 1.807) is 6.07 Å². The minimum absolute atomic E-state index is 0.0276. The second kappa shape index (κ2) is 11.2. The van der Waals surface area contributed by atoms with Gasteiger partial charge in [-0.3, -0.25) is 4.18 Å². The van der Waals surface area contributed by atoms with Crippen LogP contribution in [0.1, 0.15) is 25.0 Å². The molecule has 2 heterocycles. The molecule has 1 aliphatic rings. The van der Waals surface area contributed by atoms with Crippen LogP contribution in [0.15, 0.2) is 82.7 Å². The number of fused-ring (bicyclic) bond motifs is 1. The average molecular weight is 547 g/mol. The minimum Gasteiger partial charge on any atom is -0.494 e. The summed E-state index contributed by atoms with van der Waals surface area (Å²) in [5.74, 6) is -0.0193. The van der Waals surface area contributed by atoms with Gasteiger partial charge >= 0.3 is 0 Å². The maximum atomic E-state index is 12.9. The Bertz CT molecular complexity index is 1570. The fraction of sp³-hybridized carbons (Fsp3) is 0.300. The molecule has 204 valence electrons. The summed E-state index contributed by atoms with van der Waals surface area (Å²) in [6, 6.07) is 22.3. The molecular formula is C30H34N4O4S. The Kier molecular flexibility index (Phi) is 7.74. The lowest BCUT2D eigenvalue weighted by atomic mass is 10.0. The lowest BCUT2D eigenvalue weighted by Gasteiger charge is -2.34. The Balaban J connectivity index is 1.57. The summed E-state index contributed by atoms with van der Waals surface area (Å²) >= 11 is 0. The van der Waals surface area contributed by atoms with Gasteiger partial charge in [-0.05, 0) is 55.4 Å². The van der Waals surface area contributed by atoms with Crippen molar-refractivity contribution in [2.75, 3.05) is 44.7 Å². The molecule has 39 heavy (non-hydrogen) atoms. The first-order chi connectivity index (χ1) is 18.7. The van der Waals surface area contributed by atoms with Gasteiger partial charge in [0.2, 0.25) is 0 Å². The number of anilines is 1. The molecule has 1 fully saturated rings. The van der Waals surface area contributed by atoms with Gasteiger partial charge in [-0.25, -0.2) is 4.99 Å². The minimum atomic E-state index is -3.97. The monoisotopic (exact) mass is 546 g/mol. The maximum Gasteiger partial charge on any atom is 0.297 e. The average Bonchev–Trinajstić information content (AvgIpc) is 3.26. The SMILES string of the molecule is CC(C)COS(=O)(=O)c1ccc2[nH]c(O)c(C(=Nc3ccc(N4CCN(C)CC4)cc3)c3ccccc3)c2c1. The molecule has 8 nitrogen and oxygen atoms in total. The largest absolute Gasteiger partial charge is 0.494 e. The third-order valence-electron chi connectivity index (χ3n) is 6.84. The summed E-state index contributed by atoms with van der Waals surface area (Å²) < 4.78 is 31.0. The molecule has 0 aliphatic carbocycles. The number of likely N-dealkylation sites (N-methyl/N-ethyl adjacent to an activating group) is 1. The second-order valence-corrected chi connectivity index (χ2v) is 11.9. The molecule has 0 spiro atoms. The van der Waals surface area contributed by atoms with Crippen LogP contribution in [0, 0.1) is 5.92 Å². The summed E-state index contributed by atoms with van der Waals surface area (Å²) in [4.78, 5) is 12.6. The second-order valence-electron chi connectivity index (χ2n) is 10.3. The predicted octanol–water partition coefficient (Wildman–Crippen LogP) is 5.16. The van der Waals surface area contributed by atoms with Crippen LogP contribution in [-0.2, 0) is 14.3 Å². The third-order valence-corrected chi connectivity index (χ3v) is 8.12. The van der Waals surface area contributed by atoms with E-state index < -0.39 is 10.1 Å². The normalized spacial score (nSPS) is 15.4. The Morgan fingerprint density at radius 3 is 2.36 bits per heavy atom. The summed E-state index contributed by atoms with van der Waals surface area (Å²) in [7, 11) is -1.83. The summed E-state index contributed by atoms with van der Waals surface area (Å²) in [5.41, 5.74) is 4.23. The van der Waals surface area contributed by atoms with Crippen LogP contribution < -0.4 is 4.90 Å². The van der Waals surface area contributed by atoms with Crippen molar-refractivity contribution in [3.63, 3.8) is 0 Å². The van der Waals surface area contributed by atoms with Crippen LogP contribution in [0.4, 0.5) is 11.4 Å². The van der Waals surface area contributed by atoms with E-state index in [4.69, 9.17) is 9.18 Å². The Morgan fingerprint density at radius 1 is 1.00 bits per heavy atom. The first kappa shape index (κ1) is 26.9. The number of nitrogens with zero attached hydrogens (tertiary/aromatic N) is 3. The van der Waals surface area contributed by atoms with Crippen molar-refractivity contribution in [3.8, 4) is 5.88 Å². The van der Waals surface area contributed by atoms with Gasteiger partial charge in [0.25, 0.3) is 10.1 Å². The molecule has 4 aromatic rings. The molecule has 0 bridgehead atoms. The van der Waals surface area contributed by atoms with Crippen LogP contribution in [-0.4, -0.2) is 69.0 Å². The van der Waals surface area contributed by atoms with Crippen LogP contribution in [0.2, 0.25) is 0 Å². The molecule has 5 rings (SSSR count). The molecule has 0 atom stereocenters. The van der Waals surface area contributed by atoms with Crippen molar-refractivity contribution in [1.82, 2.24) is 9.88 Å². The molecular weight excluding hydrogens is 512 g/mol. The number of hydrogen-bond donors (Lipinski definition) is 2. The van der Waals surface area contributed by atoms with Crippen LogP contribution >= 0.6 is 0 Å². The maximum absolute atomic E-state index is 12.9. The Labute approximate surface area is 229 Å². The van der Waals surface area contributed by atoms with E-state index in [0.29, 0.717) is 22.2 Å². The third kappa shape index (κ3) is 6.00. The lowest BCUT2D eigenvalue weighted by molar-refractivity contribution is 0.275. The number of piperazine rings is 1. The summed E-state index contributed by atoms with van der Waals surface area (Å²) in [5, 5.41) is 11.6. The van der Waals surface area contributed by atoms with Gasteiger partial charge < -0.3 is 19.9 Å². The number of aromatic nitrogens is 1. The molecule has 0 saturated carbocycles. The van der Waals surface area contributed by atoms with E-state index in [9.17, 15) is 13.5 Å². The van der Waals surface area contributed by atoms with E-state index >= 15 is 0 Å². The van der Waals surface area contributed by atoms with Crippen molar-refractivity contribution in [1.29, 1.82) is 0 Å². The van der Waals surface area contributed by atoms with E-state index in [0.717, 1.165) is 43.1 Å². The quantitative estimate of drug-likeness (QED) is 0.234. The topological polar surface area (TPSA) is 98.2 Å². The number of aliphatic imine (C=N–C) groups is 1. The lowest BCUT2D eigenvalue weighted by Crippen LogP contribution is -2.44. The van der Waals surface area contributed by atoms with Crippen LogP contribution in [0.25, 0.3) is 10.9 Å². The summed E-state index contributed by atoms with van der Waals surface area (Å²) in [6.45, 7) is 7.87. The van der Waals surface area contributed by atoms with E-state index in [1.165, 1.54) is 12.1 Å². The zero-order chi connectivity index (χ0) is 27.6. The highest BCUT2D eigenvalue weighted by molar-refractivity contribution is 7.86. The van der Waals surface area contributed by atoms with E-state index in [-0.39, 0.29) is 23.3 Å². The van der Waals surface area contributed by atoms with Gasteiger partial charge in [0.05, 0.1) is 28.5 Å². The molecule has 1 aliphatic heterocycles. The van der Waals surface area contributed by atoms with Gasteiger partial charge in [-0.15, -0.1) is 0 Å². The summed E-state index contributed by atoms with van der Waals surface area (Å²) in [6.07, 6.45) is 0. The van der Waals surface area contributed by atoms with E-state index in [1.807, 2.05) is 56.3 Å². The molecule has 1 saturated heterocycles. The van der Waals surface area contributed by atoms with Gasteiger partial charge in [0, 0.05) is 48.3 Å². The molecule has 2 N–H and O–H groups in total. The molecule has 1 aromatic heterocycles. The molecule has 0 unspecified atom stereocenters. The zero-order valence-corrected chi connectivity index (χ0v) is 23.3. The highest BCUT2D eigenvalue weighted by atomic mass is 32.2. The Hall–Kier alpha value is -3.66. The number of rotatable bonds is 8. The van der Waals surface area contributed by atoms with Crippen LogP contribution in [0.3, 0.4) is 0 Å². The number of H-pyrrole nitrogens is 1. The molecule has 0 radical (unpaired) electrons. The number of hydrogen-bond acceptors (Lipinski definition) is 7. The standard InChI is InChI=1S/C30H34N4O4S/c1-21(2)20-38-39(36,37)25-13-14-27-26(19-25)28(30(35)32-27)29(22-7-5-4-6-8-22)31-23-9-11-24(12-10-23)34-17-15-33(3)16-18-34/h4-14,19,21,32,35H,15-18,20H2,1-3H3. The first-order valence-corrected chi connectivity index (χ1v) is 14.5. The van der Waals surface area contributed by atoms with Gasteiger partial charge in [0.15, 0.2) is 5.88 Å². The van der Waals surface area contributed by atoms with Gasteiger partial charge in [0.1, 0.15) is 0 Å². The number of nitrogens with one attached hydrogen (secondary N) is 1. The van der Waals surface area contributed by atoms with Gasteiger partial charge in [-0.1, -0.05) is 44.2 Å². The van der Waals surface area contributed by atoms with Crippen LogP contribution in [0.5, 0.6) is 5.88 Å². The fourth-order valence-electron chi connectivity index (χ4n) is 4.64. The Morgan fingerprint density at radius 2 is 1.69 bits per heavy atom. The predicted molar refractivity (Wildman–Crippen MR) is 156 cm³/mol.